The molecule has 3 aromatic rings. The van der Waals surface area contributed by atoms with Crippen molar-refractivity contribution in [3.63, 3.8) is 0 Å². The highest BCUT2D eigenvalue weighted by atomic mass is 35.5. The number of aliphatic hydroxyl groups excluding tert-OH is 2. The maximum absolute atomic E-state index is 12.7. The fraction of sp³-hybridized carbons (Fsp3) is 0.320. The molecule has 1 aliphatic carbocycles. The Morgan fingerprint density at radius 3 is 2.29 bits per heavy atom. The molecule has 5 rings (SSSR count). The summed E-state index contributed by atoms with van der Waals surface area (Å²) in [5, 5.41) is 28.9. The van der Waals surface area contributed by atoms with E-state index >= 15 is 0 Å². The smallest absolute Gasteiger partial charge is 0.255 e. The van der Waals surface area contributed by atoms with Crippen LogP contribution in [0.4, 0.5) is 0 Å². The lowest BCUT2D eigenvalue weighted by Gasteiger charge is -2.24. The van der Waals surface area contributed by atoms with Crippen molar-refractivity contribution in [2.75, 3.05) is 0 Å². The van der Waals surface area contributed by atoms with Crippen molar-refractivity contribution in [3.8, 4) is 0 Å². The van der Waals surface area contributed by atoms with Gasteiger partial charge in [0.15, 0.2) is 12.2 Å². The van der Waals surface area contributed by atoms with Crippen LogP contribution in [0.1, 0.15) is 35.2 Å². The lowest BCUT2D eigenvalue weighted by molar-refractivity contribution is -0.154. The van der Waals surface area contributed by atoms with Gasteiger partial charge in [-0.1, -0.05) is 54.1 Å². The molecule has 2 aliphatic rings. The van der Waals surface area contributed by atoms with E-state index in [4.69, 9.17) is 11.6 Å². The fourth-order valence-corrected chi connectivity index (χ4v) is 4.54. The first-order valence-electron chi connectivity index (χ1n) is 11.2. The molecule has 1 aliphatic heterocycles. The molecule has 0 radical (unpaired) electrons. The summed E-state index contributed by atoms with van der Waals surface area (Å²) in [6, 6.07) is 16.9. The monoisotopic (exact) mass is 480 g/mol. The number of aliphatic hydroxyl groups is 2. The average molecular weight is 481 g/mol. The van der Waals surface area contributed by atoms with Gasteiger partial charge in [0.05, 0.1) is 17.8 Å². The molecule has 2 aromatic carbocycles. The normalized spacial score (nSPS) is 17.7. The highest BCUT2D eigenvalue weighted by molar-refractivity contribution is 6.31. The van der Waals surface area contributed by atoms with Crippen molar-refractivity contribution in [2.24, 2.45) is 0 Å². The van der Waals surface area contributed by atoms with Crippen LogP contribution in [0.25, 0.3) is 0 Å². The van der Waals surface area contributed by atoms with Crippen LogP contribution in [0.5, 0.6) is 0 Å². The number of hydrogen-bond donors (Lipinski definition) is 3. The number of rotatable bonds is 7. The minimum Gasteiger partial charge on any atom is -0.380 e. The molecule has 0 saturated heterocycles. The molecule has 2 atom stereocenters. The van der Waals surface area contributed by atoms with Crippen LogP contribution < -0.4 is 5.32 Å². The fourth-order valence-electron chi connectivity index (χ4n) is 4.34. The van der Waals surface area contributed by atoms with E-state index in [0.29, 0.717) is 43.2 Å². The Labute approximate surface area is 201 Å². The summed E-state index contributed by atoms with van der Waals surface area (Å²) in [6.45, 7) is 1.16. The molecule has 176 valence electrons. The van der Waals surface area contributed by atoms with Crippen LogP contribution in [0.3, 0.4) is 0 Å². The van der Waals surface area contributed by atoms with Gasteiger partial charge in [0.2, 0.25) is 0 Å². The molecule has 0 spiro atoms. The third-order valence-electron chi connectivity index (χ3n) is 6.51. The van der Waals surface area contributed by atoms with E-state index in [1.54, 1.807) is 4.68 Å². The SMILES string of the molecule is O=C(NC1(c2ccn(Cc3ccccc3Cl)n2)CC1)[C@H](O)[C@@H](O)C(=O)N1Cc2ccccc2C1. The molecule has 9 heteroatoms. The lowest BCUT2D eigenvalue weighted by atomic mass is 10.1. The predicted octanol–water partition coefficient (Wildman–Crippen LogP) is 1.95. The molecule has 3 N–H and O–H groups in total. The van der Waals surface area contributed by atoms with Crippen molar-refractivity contribution >= 4 is 23.4 Å². The van der Waals surface area contributed by atoms with Gasteiger partial charge in [-0.25, -0.2) is 0 Å². The van der Waals surface area contributed by atoms with Gasteiger partial charge in [-0.2, -0.15) is 5.10 Å². The summed E-state index contributed by atoms with van der Waals surface area (Å²) in [5.74, 6) is -1.47. The van der Waals surface area contributed by atoms with Gasteiger partial charge in [-0.05, 0) is 41.7 Å². The molecule has 34 heavy (non-hydrogen) atoms. The standard InChI is InChI=1S/C25H25ClN4O4/c26-19-8-4-3-7-18(19)15-30-12-9-20(28-30)25(10-11-25)27-23(33)21(31)22(32)24(34)29-13-16-5-1-2-6-17(16)14-29/h1-9,12,21-22,31-32H,10-11,13-15H2,(H,27,33)/t21-,22-/m1/s1. The summed E-state index contributed by atoms with van der Waals surface area (Å²) >= 11 is 6.23. The second kappa shape index (κ2) is 8.87. The number of carbonyl (C=O) groups is 2. The molecule has 2 amide bonds. The van der Waals surface area contributed by atoms with Crippen LogP contribution in [-0.2, 0) is 34.8 Å². The van der Waals surface area contributed by atoms with Gasteiger partial charge in [0, 0.05) is 24.3 Å². The van der Waals surface area contributed by atoms with Crippen molar-refractivity contribution in [1.29, 1.82) is 0 Å². The minimum atomic E-state index is -1.88. The van der Waals surface area contributed by atoms with E-state index in [1.807, 2.05) is 60.8 Å². The van der Waals surface area contributed by atoms with Gasteiger partial charge in [-0.3, -0.25) is 14.3 Å². The van der Waals surface area contributed by atoms with E-state index < -0.39 is 29.6 Å². The third kappa shape index (κ3) is 4.32. The zero-order chi connectivity index (χ0) is 23.9. The molecule has 0 unspecified atom stereocenters. The number of nitrogens with one attached hydrogen (secondary N) is 1. The van der Waals surface area contributed by atoms with Crippen LogP contribution in [0, 0.1) is 0 Å². The van der Waals surface area contributed by atoms with Gasteiger partial charge in [-0.15, -0.1) is 0 Å². The number of fused-ring (bicyclic) bond motifs is 1. The number of halogens is 1. The first-order valence-corrected chi connectivity index (χ1v) is 11.6. The Hall–Kier alpha value is -3.20. The summed E-state index contributed by atoms with van der Waals surface area (Å²) in [7, 11) is 0. The van der Waals surface area contributed by atoms with E-state index in [-0.39, 0.29) is 0 Å². The average Bonchev–Trinajstić information content (AvgIpc) is 3.26. The van der Waals surface area contributed by atoms with E-state index in [1.165, 1.54) is 4.90 Å². The Balaban J connectivity index is 1.21. The second-order valence-corrected chi connectivity index (χ2v) is 9.32. The third-order valence-corrected chi connectivity index (χ3v) is 6.88. The van der Waals surface area contributed by atoms with Crippen molar-refractivity contribution in [3.05, 3.63) is 88.2 Å². The van der Waals surface area contributed by atoms with Crippen molar-refractivity contribution in [1.82, 2.24) is 20.0 Å². The van der Waals surface area contributed by atoms with Crippen LogP contribution in [0.15, 0.2) is 60.8 Å². The maximum Gasteiger partial charge on any atom is 0.255 e. The lowest BCUT2D eigenvalue weighted by Crippen LogP contribution is -2.51. The maximum atomic E-state index is 12.7. The number of benzene rings is 2. The summed E-state index contributed by atoms with van der Waals surface area (Å²) in [4.78, 5) is 26.9. The number of carbonyl (C=O) groups excluding carboxylic acids is 2. The molecular weight excluding hydrogens is 456 g/mol. The highest BCUT2D eigenvalue weighted by Crippen LogP contribution is 2.44. The van der Waals surface area contributed by atoms with Gasteiger partial charge in [0.1, 0.15) is 0 Å². The zero-order valence-corrected chi connectivity index (χ0v) is 19.2. The molecule has 1 saturated carbocycles. The van der Waals surface area contributed by atoms with Crippen LogP contribution in [0.2, 0.25) is 5.02 Å². The molecule has 1 fully saturated rings. The van der Waals surface area contributed by atoms with Crippen LogP contribution in [-0.4, -0.2) is 48.9 Å². The number of nitrogens with zero attached hydrogens (tertiary/aromatic N) is 3. The quantitative estimate of drug-likeness (QED) is 0.479. The van der Waals surface area contributed by atoms with E-state index in [9.17, 15) is 19.8 Å². The van der Waals surface area contributed by atoms with Crippen molar-refractivity contribution in [2.45, 2.75) is 50.2 Å². The van der Waals surface area contributed by atoms with Gasteiger partial charge >= 0.3 is 0 Å². The Morgan fingerprint density at radius 1 is 1.00 bits per heavy atom. The molecule has 0 bridgehead atoms. The largest absolute Gasteiger partial charge is 0.380 e. The molecular formula is C25H25ClN4O4. The first-order chi connectivity index (χ1) is 16.4. The summed E-state index contributed by atoms with van der Waals surface area (Å²) < 4.78 is 1.74. The van der Waals surface area contributed by atoms with Gasteiger partial charge < -0.3 is 20.4 Å². The van der Waals surface area contributed by atoms with Crippen LogP contribution >= 0.6 is 11.6 Å². The topological polar surface area (TPSA) is 108 Å². The summed E-state index contributed by atoms with van der Waals surface area (Å²) in [5.41, 5.74) is 2.86. The number of hydrogen-bond acceptors (Lipinski definition) is 5. The molecule has 1 aromatic heterocycles. The van der Waals surface area contributed by atoms with Gasteiger partial charge in [0.25, 0.3) is 11.8 Å². The van der Waals surface area contributed by atoms with E-state index in [2.05, 4.69) is 10.4 Å². The first kappa shape index (κ1) is 22.6. The summed E-state index contributed by atoms with van der Waals surface area (Å²) in [6.07, 6.45) is -0.605. The highest BCUT2D eigenvalue weighted by Gasteiger charge is 2.49. The Morgan fingerprint density at radius 2 is 1.65 bits per heavy atom. The second-order valence-electron chi connectivity index (χ2n) is 8.91. The Bertz CT molecular complexity index is 1210. The molecule has 2 heterocycles. The van der Waals surface area contributed by atoms with E-state index in [0.717, 1.165) is 16.7 Å². The Kier molecular flexibility index (Phi) is 5.89. The number of aromatic nitrogens is 2. The minimum absolute atomic E-state index is 0.340. The zero-order valence-electron chi connectivity index (χ0n) is 18.4. The van der Waals surface area contributed by atoms with Crippen molar-refractivity contribution < 1.29 is 19.8 Å². The predicted molar refractivity (Wildman–Crippen MR) is 125 cm³/mol. The number of amides is 2. The molecule has 8 nitrogen and oxygen atoms in total.